The van der Waals surface area contributed by atoms with Crippen LogP contribution in [0.2, 0.25) is 0 Å². The first-order chi connectivity index (χ1) is 18.2. The topological polar surface area (TPSA) is 98.0 Å². The highest BCUT2D eigenvalue weighted by atomic mass is 19.2. The van der Waals surface area contributed by atoms with E-state index in [-0.39, 0.29) is 18.2 Å². The molecule has 1 aliphatic carbocycles. The van der Waals surface area contributed by atoms with Gasteiger partial charge in [-0.05, 0) is 74.9 Å². The molecule has 1 fully saturated rings. The third-order valence-electron chi connectivity index (χ3n) is 6.85. The molecule has 10 heteroatoms. The van der Waals surface area contributed by atoms with E-state index in [0.717, 1.165) is 30.5 Å². The van der Waals surface area contributed by atoms with Gasteiger partial charge >= 0.3 is 0 Å². The maximum absolute atomic E-state index is 13.6. The van der Waals surface area contributed by atoms with Crippen LogP contribution in [0.5, 0.6) is 11.5 Å². The first-order valence-corrected chi connectivity index (χ1v) is 12.6. The number of aromatic nitrogens is 4. The molecule has 2 N–H and O–H groups in total. The number of H-pyrrole nitrogens is 1. The second-order valence-corrected chi connectivity index (χ2v) is 10.1. The number of methoxy groups -OCH3 is 1. The predicted octanol–water partition coefficient (Wildman–Crippen LogP) is 5.35. The van der Waals surface area contributed by atoms with Crippen LogP contribution >= 0.6 is 0 Å². The van der Waals surface area contributed by atoms with Crippen LogP contribution in [0.4, 0.5) is 8.78 Å². The average molecular weight is 524 g/mol. The Balaban J connectivity index is 1.40. The summed E-state index contributed by atoms with van der Waals surface area (Å²) in [5.74, 6) is 0.0735. The van der Waals surface area contributed by atoms with Gasteiger partial charge in [0.25, 0.3) is 0 Å². The molecule has 38 heavy (non-hydrogen) atoms. The van der Waals surface area contributed by atoms with E-state index in [0.29, 0.717) is 40.6 Å². The number of nitrogens with one attached hydrogen (secondary N) is 2. The monoisotopic (exact) mass is 523 g/mol. The summed E-state index contributed by atoms with van der Waals surface area (Å²) in [7, 11) is 1.63. The van der Waals surface area contributed by atoms with Crippen molar-refractivity contribution in [3.8, 4) is 11.5 Å². The van der Waals surface area contributed by atoms with E-state index in [2.05, 4.69) is 9.97 Å². The smallest absolute Gasteiger partial charge is 0.173 e. The highest BCUT2D eigenvalue weighted by Gasteiger charge is 2.27. The zero-order valence-electron chi connectivity index (χ0n) is 21.7. The molecule has 0 spiro atoms. The quantitative estimate of drug-likeness (QED) is 0.308. The summed E-state index contributed by atoms with van der Waals surface area (Å²) in [6.45, 7) is 4.16. The lowest BCUT2D eigenvalue weighted by atomic mass is 10.1. The minimum Gasteiger partial charge on any atom is -0.493 e. The van der Waals surface area contributed by atoms with Crippen LogP contribution in [-0.4, -0.2) is 32.7 Å². The summed E-state index contributed by atoms with van der Waals surface area (Å²) >= 11 is 0. The molecule has 1 saturated carbocycles. The normalized spacial score (nSPS) is 14.3. The average Bonchev–Trinajstić information content (AvgIpc) is 3.58. The van der Waals surface area contributed by atoms with E-state index in [1.807, 2.05) is 36.6 Å². The molecule has 8 nitrogen and oxygen atoms in total. The van der Waals surface area contributed by atoms with Gasteiger partial charge in [0.1, 0.15) is 16.9 Å². The molecule has 0 atom stereocenters. The number of ether oxygens (including phenoxy) is 3. The van der Waals surface area contributed by atoms with Crippen molar-refractivity contribution >= 4 is 11.2 Å². The van der Waals surface area contributed by atoms with Gasteiger partial charge in [-0.3, -0.25) is 5.41 Å². The van der Waals surface area contributed by atoms with Gasteiger partial charge in [0.15, 0.2) is 34.3 Å². The van der Waals surface area contributed by atoms with E-state index < -0.39 is 17.2 Å². The third kappa shape index (κ3) is 5.40. The maximum Gasteiger partial charge on any atom is 0.173 e. The van der Waals surface area contributed by atoms with Gasteiger partial charge in [-0.25, -0.2) is 18.7 Å². The van der Waals surface area contributed by atoms with E-state index in [1.54, 1.807) is 13.4 Å². The molecule has 2 heterocycles. The van der Waals surface area contributed by atoms with Gasteiger partial charge in [0.2, 0.25) is 0 Å². The summed E-state index contributed by atoms with van der Waals surface area (Å²) in [6.07, 6.45) is 6.22. The van der Waals surface area contributed by atoms with Gasteiger partial charge in [-0.15, -0.1) is 0 Å². The van der Waals surface area contributed by atoms with Crippen LogP contribution in [0.3, 0.4) is 0 Å². The summed E-state index contributed by atoms with van der Waals surface area (Å²) in [5, 5.41) is 8.30. The Morgan fingerprint density at radius 3 is 2.55 bits per heavy atom. The summed E-state index contributed by atoms with van der Waals surface area (Å²) in [5.41, 5.74) is 1.66. The molecule has 0 unspecified atom stereocenters. The Morgan fingerprint density at radius 2 is 1.82 bits per heavy atom. The number of nitrogens with zero attached hydrogens (tertiary/aromatic N) is 3. The van der Waals surface area contributed by atoms with Gasteiger partial charge in [-0.1, -0.05) is 12.1 Å². The van der Waals surface area contributed by atoms with Crippen molar-refractivity contribution in [1.29, 1.82) is 5.41 Å². The zero-order chi connectivity index (χ0) is 26.9. The highest BCUT2D eigenvalue weighted by Crippen LogP contribution is 2.33. The predicted molar refractivity (Wildman–Crippen MR) is 137 cm³/mol. The summed E-state index contributed by atoms with van der Waals surface area (Å²) in [4.78, 5) is 12.2. The molecular formula is C28H31F2N5O3. The van der Waals surface area contributed by atoms with Crippen molar-refractivity contribution in [3.63, 3.8) is 0 Å². The van der Waals surface area contributed by atoms with Crippen LogP contribution in [0.25, 0.3) is 11.2 Å². The lowest BCUT2D eigenvalue weighted by Gasteiger charge is -2.23. The molecule has 2 aromatic heterocycles. The fourth-order valence-corrected chi connectivity index (χ4v) is 4.64. The second-order valence-electron chi connectivity index (χ2n) is 10.1. The minimum absolute atomic E-state index is 0.0584. The Labute approximate surface area is 219 Å². The second kappa shape index (κ2) is 10.5. The number of halogens is 2. The van der Waals surface area contributed by atoms with Crippen LogP contribution in [0.1, 0.15) is 56.5 Å². The van der Waals surface area contributed by atoms with E-state index in [1.165, 1.54) is 18.9 Å². The molecular weight excluding hydrogens is 492 g/mol. The molecule has 0 saturated heterocycles. The van der Waals surface area contributed by atoms with Crippen LogP contribution in [0.15, 0.2) is 42.7 Å². The van der Waals surface area contributed by atoms with Crippen molar-refractivity contribution in [2.24, 2.45) is 0 Å². The third-order valence-corrected chi connectivity index (χ3v) is 6.85. The van der Waals surface area contributed by atoms with Crippen LogP contribution in [0, 0.1) is 17.0 Å². The first kappa shape index (κ1) is 25.8. The van der Waals surface area contributed by atoms with E-state index >= 15 is 0 Å². The number of aromatic amines is 1. The van der Waals surface area contributed by atoms with Crippen molar-refractivity contribution in [1.82, 2.24) is 19.5 Å². The minimum atomic E-state index is -0.922. The molecule has 5 rings (SSSR count). The van der Waals surface area contributed by atoms with Crippen molar-refractivity contribution < 1.29 is 23.0 Å². The van der Waals surface area contributed by atoms with Crippen molar-refractivity contribution in [2.45, 2.75) is 64.4 Å². The van der Waals surface area contributed by atoms with E-state index in [9.17, 15) is 8.78 Å². The Kier molecular flexibility index (Phi) is 7.16. The zero-order valence-corrected chi connectivity index (χ0v) is 21.7. The van der Waals surface area contributed by atoms with Crippen LogP contribution < -0.4 is 15.0 Å². The Hall–Kier alpha value is -3.79. The van der Waals surface area contributed by atoms with Gasteiger partial charge in [0, 0.05) is 0 Å². The molecule has 4 aromatic rings. The van der Waals surface area contributed by atoms with Crippen molar-refractivity contribution in [2.75, 3.05) is 7.11 Å². The number of rotatable bonds is 9. The highest BCUT2D eigenvalue weighted by molar-refractivity contribution is 5.69. The summed E-state index contributed by atoms with van der Waals surface area (Å²) in [6, 6.07) is 9.51. The molecule has 0 amide bonds. The van der Waals surface area contributed by atoms with Gasteiger partial charge < -0.3 is 23.8 Å². The molecule has 0 aliphatic heterocycles. The largest absolute Gasteiger partial charge is 0.493 e. The van der Waals surface area contributed by atoms with Crippen LogP contribution in [-0.2, 0) is 23.5 Å². The number of hydrogen-bond donors (Lipinski definition) is 2. The lowest BCUT2D eigenvalue weighted by Crippen LogP contribution is -2.23. The lowest BCUT2D eigenvalue weighted by molar-refractivity contribution is -0.0394. The molecule has 2 aromatic carbocycles. The Morgan fingerprint density at radius 1 is 1.05 bits per heavy atom. The fourth-order valence-electron chi connectivity index (χ4n) is 4.64. The van der Waals surface area contributed by atoms with E-state index in [4.69, 9.17) is 24.6 Å². The number of benzene rings is 2. The van der Waals surface area contributed by atoms with Gasteiger partial charge in [0.05, 0.1) is 32.7 Å². The van der Waals surface area contributed by atoms with Crippen molar-refractivity contribution in [3.05, 3.63) is 76.8 Å². The number of fused-ring (bicyclic) bond motifs is 1. The molecule has 1 aliphatic rings. The molecule has 200 valence electrons. The SMILES string of the molecule is COc1ccc(Cn2cnc(=N)c3[nH]c(C(C)(C)OCc4ccc(F)c(F)c4)nc32)cc1OC1CCCC1. The maximum atomic E-state index is 13.6. The molecule has 0 radical (unpaired) electrons. The number of imidazole rings is 1. The summed E-state index contributed by atoms with van der Waals surface area (Å²) < 4.78 is 46.5. The van der Waals surface area contributed by atoms with Gasteiger partial charge in [-0.2, -0.15) is 0 Å². The first-order valence-electron chi connectivity index (χ1n) is 12.6. The fraction of sp³-hybridized carbons (Fsp3) is 0.393. The molecule has 0 bridgehead atoms. The standard InChI is InChI=1S/C28H31F2N5O3/c1-28(2,37-15-18-8-10-20(29)21(30)12-18)27-33-24-25(31)32-16-35(26(24)34-27)14-17-9-11-22(36-3)23(13-17)38-19-6-4-5-7-19/h8-13,16,19,31H,4-7,14-15H2,1-3H3,(H,33,34). The number of hydrogen-bond acceptors (Lipinski definition) is 6. The Bertz CT molecular complexity index is 1510.